The molecule has 0 spiro atoms. The smallest absolute Gasteiger partial charge is 0.226 e. The fourth-order valence-electron chi connectivity index (χ4n) is 3.69. The third kappa shape index (κ3) is 3.11. The van der Waals surface area contributed by atoms with Crippen molar-refractivity contribution in [1.82, 2.24) is 14.8 Å². The van der Waals surface area contributed by atoms with Gasteiger partial charge < -0.3 is 10.1 Å². The third-order valence-electron chi connectivity index (χ3n) is 5.02. The van der Waals surface area contributed by atoms with Crippen molar-refractivity contribution in [1.29, 1.82) is 0 Å². The van der Waals surface area contributed by atoms with Gasteiger partial charge in [-0.2, -0.15) is 10.1 Å². The molecule has 136 valence electrons. The van der Waals surface area contributed by atoms with E-state index in [2.05, 4.69) is 22.3 Å². The molecule has 0 saturated heterocycles. The molecule has 1 aliphatic carbocycles. The predicted octanol–water partition coefficient (Wildman–Crippen LogP) is 3.87. The molecule has 0 amide bonds. The van der Waals surface area contributed by atoms with Gasteiger partial charge in [-0.05, 0) is 37.0 Å². The van der Waals surface area contributed by atoms with Crippen LogP contribution in [0.3, 0.4) is 0 Å². The molecule has 0 saturated carbocycles. The van der Waals surface area contributed by atoms with Gasteiger partial charge in [-0.1, -0.05) is 31.9 Å². The lowest BCUT2D eigenvalue weighted by Gasteiger charge is -2.32. The molecule has 0 radical (unpaired) electrons. The molecule has 1 unspecified atom stereocenters. The van der Waals surface area contributed by atoms with Crippen molar-refractivity contribution in [3.8, 4) is 5.75 Å². The van der Waals surface area contributed by atoms with E-state index in [0.29, 0.717) is 12.4 Å². The van der Waals surface area contributed by atoms with E-state index in [0.717, 1.165) is 48.5 Å². The number of ether oxygens (including phenoxy) is 1. The number of carbonyl (C=O) groups is 1. The summed E-state index contributed by atoms with van der Waals surface area (Å²) in [6.07, 6.45) is 7.33. The summed E-state index contributed by atoms with van der Waals surface area (Å²) in [7, 11) is 0. The van der Waals surface area contributed by atoms with Crippen molar-refractivity contribution in [2.75, 3.05) is 11.9 Å². The van der Waals surface area contributed by atoms with Crippen LogP contribution in [0.2, 0.25) is 0 Å². The quantitative estimate of drug-likeness (QED) is 0.799. The van der Waals surface area contributed by atoms with Crippen LogP contribution in [0, 0.1) is 0 Å². The van der Waals surface area contributed by atoms with Crippen LogP contribution in [0.1, 0.15) is 57.1 Å². The highest BCUT2D eigenvalue weighted by Crippen LogP contribution is 2.39. The van der Waals surface area contributed by atoms with Gasteiger partial charge in [0.15, 0.2) is 5.78 Å². The molecule has 1 aromatic heterocycles. The van der Waals surface area contributed by atoms with E-state index in [9.17, 15) is 4.79 Å². The first kappa shape index (κ1) is 16.8. The third-order valence-corrected chi connectivity index (χ3v) is 5.02. The number of nitrogens with zero attached hydrogens (tertiary/aromatic N) is 3. The molecule has 1 aromatic carbocycles. The lowest BCUT2D eigenvalue weighted by Crippen LogP contribution is -2.31. The summed E-state index contributed by atoms with van der Waals surface area (Å²) < 4.78 is 7.61. The van der Waals surface area contributed by atoms with E-state index in [1.165, 1.54) is 19.2 Å². The van der Waals surface area contributed by atoms with Crippen molar-refractivity contribution in [2.45, 2.75) is 51.5 Å². The lowest BCUT2D eigenvalue weighted by molar-refractivity contribution is -0.116. The van der Waals surface area contributed by atoms with E-state index < -0.39 is 0 Å². The number of aromatic nitrogens is 3. The number of fused-ring (bicyclic) bond motifs is 1. The number of unbranched alkanes of at least 4 members (excludes halogenated alkanes) is 2. The Kier molecular flexibility index (Phi) is 4.73. The first-order valence-electron chi connectivity index (χ1n) is 9.43. The molecule has 0 fully saturated rings. The Morgan fingerprint density at radius 3 is 2.88 bits per heavy atom. The Morgan fingerprint density at radius 1 is 1.23 bits per heavy atom. The highest BCUT2D eigenvalue weighted by molar-refractivity contribution is 5.99. The summed E-state index contributed by atoms with van der Waals surface area (Å²) >= 11 is 0. The maximum atomic E-state index is 12.6. The van der Waals surface area contributed by atoms with Gasteiger partial charge in [0.1, 0.15) is 18.1 Å². The Morgan fingerprint density at radius 2 is 2.08 bits per heavy atom. The number of Topliss-reactive ketones (excluding diaryl/α,β-unsaturated/α-hetero) is 1. The Bertz CT molecular complexity index is 823. The van der Waals surface area contributed by atoms with Gasteiger partial charge >= 0.3 is 0 Å². The van der Waals surface area contributed by atoms with Crippen molar-refractivity contribution >= 4 is 11.7 Å². The van der Waals surface area contributed by atoms with E-state index in [-0.39, 0.29) is 11.8 Å². The van der Waals surface area contributed by atoms with Gasteiger partial charge in [0.25, 0.3) is 0 Å². The average Bonchev–Trinajstić information content (AvgIpc) is 3.12. The molecule has 6 heteroatoms. The SMILES string of the molecule is CCCCCOc1ccc(C2C3=C(CCCC3=O)Nc3ncnn32)cc1. The number of benzene rings is 1. The molecular formula is C20H24N4O2. The molecule has 2 aliphatic rings. The molecule has 4 rings (SSSR count). The van der Waals surface area contributed by atoms with Gasteiger partial charge in [0.05, 0.1) is 6.61 Å². The monoisotopic (exact) mass is 352 g/mol. The van der Waals surface area contributed by atoms with Crippen LogP contribution < -0.4 is 10.1 Å². The molecule has 1 N–H and O–H groups in total. The number of ketones is 1. The lowest BCUT2D eigenvalue weighted by atomic mass is 9.85. The van der Waals surface area contributed by atoms with Crippen molar-refractivity contribution in [3.05, 3.63) is 47.4 Å². The summed E-state index contributed by atoms with van der Waals surface area (Å²) in [4.78, 5) is 16.9. The second-order valence-electron chi connectivity index (χ2n) is 6.85. The fraction of sp³-hybridized carbons (Fsp3) is 0.450. The Balaban J connectivity index is 1.61. The van der Waals surface area contributed by atoms with E-state index >= 15 is 0 Å². The second kappa shape index (κ2) is 7.32. The second-order valence-corrected chi connectivity index (χ2v) is 6.85. The van der Waals surface area contributed by atoms with Gasteiger partial charge in [-0.25, -0.2) is 4.68 Å². The van der Waals surface area contributed by atoms with Crippen LogP contribution in [-0.4, -0.2) is 27.2 Å². The number of rotatable bonds is 6. The number of hydrogen-bond acceptors (Lipinski definition) is 5. The van der Waals surface area contributed by atoms with Crippen LogP contribution in [0.15, 0.2) is 41.9 Å². The summed E-state index contributed by atoms with van der Waals surface area (Å²) in [6.45, 7) is 2.92. The standard InChI is InChI=1S/C20H24N4O2/c1-2-3-4-12-26-15-10-8-14(9-11-15)19-18-16(6-5-7-17(18)25)23-20-21-13-22-24(19)20/h8-11,13,19H,2-7,12H2,1H3,(H,21,22,23). The normalized spacial score (nSPS) is 19.0. The summed E-state index contributed by atoms with van der Waals surface area (Å²) in [5, 5.41) is 7.64. The fourth-order valence-corrected chi connectivity index (χ4v) is 3.69. The highest BCUT2D eigenvalue weighted by Gasteiger charge is 2.35. The highest BCUT2D eigenvalue weighted by atomic mass is 16.5. The van der Waals surface area contributed by atoms with Gasteiger partial charge in [0.2, 0.25) is 5.95 Å². The van der Waals surface area contributed by atoms with E-state index in [1.807, 2.05) is 24.3 Å². The van der Waals surface area contributed by atoms with Crippen LogP contribution in [0.4, 0.5) is 5.95 Å². The molecule has 1 aliphatic heterocycles. The van der Waals surface area contributed by atoms with Gasteiger partial charge in [-0.15, -0.1) is 0 Å². The van der Waals surface area contributed by atoms with E-state index in [4.69, 9.17) is 4.74 Å². The molecule has 26 heavy (non-hydrogen) atoms. The van der Waals surface area contributed by atoms with Crippen molar-refractivity contribution in [2.24, 2.45) is 0 Å². The van der Waals surface area contributed by atoms with Gasteiger partial charge in [-0.3, -0.25) is 4.79 Å². The Hall–Kier alpha value is -2.63. The number of nitrogens with one attached hydrogen (secondary N) is 1. The zero-order valence-electron chi connectivity index (χ0n) is 15.1. The number of anilines is 1. The molecule has 1 atom stereocenters. The minimum absolute atomic E-state index is 0.199. The van der Waals surface area contributed by atoms with Crippen LogP contribution in [0.5, 0.6) is 5.75 Å². The molecule has 6 nitrogen and oxygen atoms in total. The first-order chi connectivity index (χ1) is 12.8. The zero-order chi connectivity index (χ0) is 17.9. The molecule has 2 heterocycles. The summed E-state index contributed by atoms with van der Waals surface area (Å²) in [6, 6.07) is 7.80. The van der Waals surface area contributed by atoms with Crippen LogP contribution in [0.25, 0.3) is 0 Å². The predicted molar refractivity (Wildman–Crippen MR) is 99.1 cm³/mol. The van der Waals surface area contributed by atoms with Crippen molar-refractivity contribution < 1.29 is 9.53 Å². The van der Waals surface area contributed by atoms with Crippen LogP contribution in [-0.2, 0) is 4.79 Å². The number of carbonyl (C=O) groups excluding carboxylic acids is 1. The minimum atomic E-state index is -0.217. The topological polar surface area (TPSA) is 69.0 Å². The van der Waals surface area contributed by atoms with E-state index in [1.54, 1.807) is 4.68 Å². The zero-order valence-corrected chi connectivity index (χ0v) is 15.1. The molecule has 2 aromatic rings. The number of hydrogen-bond donors (Lipinski definition) is 1. The maximum absolute atomic E-state index is 12.6. The maximum Gasteiger partial charge on any atom is 0.226 e. The minimum Gasteiger partial charge on any atom is -0.494 e. The van der Waals surface area contributed by atoms with Crippen LogP contribution >= 0.6 is 0 Å². The largest absolute Gasteiger partial charge is 0.494 e. The summed E-state index contributed by atoms with van der Waals surface area (Å²) in [5.74, 6) is 1.76. The Labute approximate surface area is 153 Å². The van der Waals surface area contributed by atoms with Crippen molar-refractivity contribution in [3.63, 3.8) is 0 Å². The molecular weight excluding hydrogens is 328 g/mol. The number of allylic oxidation sites excluding steroid dienone is 2. The average molecular weight is 352 g/mol. The first-order valence-corrected chi connectivity index (χ1v) is 9.43. The molecule has 0 bridgehead atoms. The summed E-state index contributed by atoms with van der Waals surface area (Å²) in [5.41, 5.74) is 2.85. The van der Waals surface area contributed by atoms with Gasteiger partial charge in [0, 0.05) is 17.7 Å².